The molecule has 0 aliphatic heterocycles. The van der Waals surface area contributed by atoms with Crippen molar-refractivity contribution >= 4 is 11.7 Å². The standard InChI is InChI=1S/C7H6FNO2/c8-5-3-4(7(10)11)1-2-6(5)9/h1-3H,9H2,(H,10,11)/p-1. The van der Waals surface area contributed by atoms with Crippen LogP contribution in [0.4, 0.5) is 10.1 Å². The van der Waals surface area contributed by atoms with Crippen LogP contribution in [0.1, 0.15) is 10.4 Å². The predicted molar refractivity (Wildman–Crippen MR) is 35.1 cm³/mol. The summed E-state index contributed by atoms with van der Waals surface area (Å²) < 4.78 is 12.5. The molecule has 0 heterocycles. The van der Waals surface area contributed by atoms with E-state index in [1.165, 1.54) is 12.1 Å². The van der Waals surface area contributed by atoms with E-state index < -0.39 is 11.8 Å². The fraction of sp³-hybridized carbons (Fsp3) is 0. The molecule has 0 atom stereocenters. The van der Waals surface area contributed by atoms with Crippen molar-refractivity contribution in [1.29, 1.82) is 0 Å². The molecule has 2 N–H and O–H groups in total. The van der Waals surface area contributed by atoms with Crippen molar-refractivity contribution in [3.8, 4) is 0 Å². The maximum atomic E-state index is 12.5. The normalized spacial score (nSPS) is 9.55. The molecular formula is C7H5FNO2-. The molecule has 0 saturated carbocycles. The summed E-state index contributed by atoms with van der Waals surface area (Å²) in [7, 11) is 0. The quantitative estimate of drug-likeness (QED) is 0.568. The number of carbonyl (C=O) groups excluding carboxylic acids is 1. The van der Waals surface area contributed by atoms with Crippen LogP contribution in [0.25, 0.3) is 0 Å². The summed E-state index contributed by atoms with van der Waals surface area (Å²) in [5, 5.41) is 10.1. The Morgan fingerprint density at radius 3 is 2.64 bits per heavy atom. The van der Waals surface area contributed by atoms with Crippen LogP contribution in [0.15, 0.2) is 18.2 Å². The van der Waals surface area contributed by atoms with Gasteiger partial charge in [0.2, 0.25) is 0 Å². The molecule has 1 aromatic rings. The first-order valence-electron chi connectivity index (χ1n) is 2.87. The Balaban J connectivity index is 3.15. The lowest BCUT2D eigenvalue weighted by molar-refractivity contribution is -0.255. The van der Waals surface area contributed by atoms with Crippen LogP contribution < -0.4 is 10.8 Å². The van der Waals surface area contributed by atoms with Crippen molar-refractivity contribution in [3.05, 3.63) is 29.6 Å². The van der Waals surface area contributed by atoms with Gasteiger partial charge in [-0.2, -0.15) is 0 Å². The molecule has 0 aromatic heterocycles. The largest absolute Gasteiger partial charge is 0.545 e. The van der Waals surface area contributed by atoms with Crippen LogP contribution in [-0.2, 0) is 0 Å². The molecule has 0 saturated heterocycles. The van der Waals surface area contributed by atoms with Crippen LogP contribution in [0, 0.1) is 5.82 Å². The van der Waals surface area contributed by atoms with E-state index in [2.05, 4.69) is 0 Å². The molecule has 58 valence electrons. The average Bonchev–Trinajstić information content (AvgIpc) is 1.94. The van der Waals surface area contributed by atoms with Crippen LogP contribution >= 0.6 is 0 Å². The minimum atomic E-state index is -1.41. The Labute approximate surface area is 62.3 Å². The highest BCUT2D eigenvalue weighted by molar-refractivity contribution is 5.86. The van der Waals surface area contributed by atoms with E-state index in [9.17, 15) is 14.3 Å². The number of rotatable bonds is 1. The summed E-state index contributed by atoms with van der Waals surface area (Å²) in [6, 6.07) is 3.19. The third-order valence-electron chi connectivity index (χ3n) is 1.24. The monoisotopic (exact) mass is 154 g/mol. The second-order valence-electron chi connectivity index (χ2n) is 2.02. The average molecular weight is 154 g/mol. The number of carboxylic acids is 1. The minimum Gasteiger partial charge on any atom is -0.545 e. The SMILES string of the molecule is Nc1ccc(C(=O)[O-])cc1F. The fourth-order valence-electron chi connectivity index (χ4n) is 0.654. The molecule has 3 nitrogen and oxygen atoms in total. The highest BCUT2D eigenvalue weighted by Crippen LogP contribution is 2.10. The van der Waals surface area contributed by atoms with Gasteiger partial charge in [-0.25, -0.2) is 4.39 Å². The van der Waals surface area contributed by atoms with Crippen LogP contribution in [0.3, 0.4) is 0 Å². The molecule has 0 spiro atoms. The van der Waals surface area contributed by atoms with Gasteiger partial charge < -0.3 is 15.6 Å². The number of halogens is 1. The van der Waals surface area contributed by atoms with Gasteiger partial charge in [-0.3, -0.25) is 0 Å². The number of carboxylic acid groups (broad SMARTS) is 1. The Kier molecular flexibility index (Phi) is 1.76. The molecule has 1 rings (SSSR count). The Morgan fingerprint density at radius 2 is 2.18 bits per heavy atom. The van der Waals surface area contributed by atoms with Gasteiger partial charge in [-0.05, 0) is 12.1 Å². The predicted octanol–water partition coefficient (Wildman–Crippen LogP) is -0.229. The van der Waals surface area contributed by atoms with Crippen molar-refractivity contribution in [3.63, 3.8) is 0 Å². The Bertz CT molecular complexity index is 298. The van der Waals surface area contributed by atoms with Gasteiger partial charge in [0.05, 0.1) is 11.7 Å². The van der Waals surface area contributed by atoms with E-state index in [0.717, 1.165) is 6.07 Å². The lowest BCUT2D eigenvalue weighted by Crippen LogP contribution is -2.22. The first kappa shape index (κ1) is 7.53. The molecule has 11 heavy (non-hydrogen) atoms. The molecule has 0 radical (unpaired) electrons. The van der Waals surface area contributed by atoms with Crippen LogP contribution in [0.2, 0.25) is 0 Å². The second kappa shape index (κ2) is 2.57. The van der Waals surface area contributed by atoms with E-state index in [4.69, 9.17) is 5.73 Å². The van der Waals surface area contributed by atoms with E-state index >= 15 is 0 Å². The topological polar surface area (TPSA) is 66.2 Å². The van der Waals surface area contributed by atoms with Gasteiger partial charge in [-0.1, -0.05) is 6.07 Å². The zero-order valence-electron chi connectivity index (χ0n) is 5.50. The first-order chi connectivity index (χ1) is 5.11. The number of nitrogens with two attached hydrogens (primary N) is 1. The maximum Gasteiger partial charge on any atom is 0.146 e. The first-order valence-corrected chi connectivity index (χ1v) is 2.87. The molecule has 0 amide bonds. The smallest absolute Gasteiger partial charge is 0.146 e. The van der Waals surface area contributed by atoms with E-state index in [1.54, 1.807) is 0 Å². The van der Waals surface area contributed by atoms with Crippen molar-refractivity contribution in [2.45, 2.75) is 0 Å². The number of hydrogen-bond donors (Lipinski definition) is 1. The molecule has 0 aliphatic rings. The van der Waals surface area contributed by atoms with Crippen molar-refractivity contribution in [2.24, 2.45) is 0 Å². The van der Waals surface area contributed by atoms with Gasteiger partial charge in [0.1, 0.15) is 5.82 Å². The third-order valence-corrected chi connectivity index (χ3v) is 1.24. The van der Waals surface area contributed by atoms with Gasteiger partial charge in [0.15, 0.2) is 0 Å². The molecule has 0 aliphatic carbocycles. The van der Waals surface area contributed by atoms with Gasteiger partial charge in [-0.15, -0.1) is 0 Å². The molecule has 0 fully saturated rings. The van der Waals surface area contributed by atoms with Gasteiger partial charge in [0, 0.05) is 5.56 Å². The zero-order chi connectivity index (χ0) is 8.43. The lowest BCUT2D eigenvalue weighted by Gasteiger charge is -2.02. The summed E-state index contributed by atoms with van der Waals surface area (Å²) in [6.45, 7) is 0. The van der Waals surface area contributed by atoms with Crippen molar-refractivity contribution in [1.82, 2.24) is 0 Å². The zero-order valence-corrected chi connectivity index (χ0v) is 5.50. The molecule has 1 aromatic carbocycles. The Hall–Kier alpha value is -1.58. The second-order valence-corrected chi connectivity index (χ2v) is 2.02. The molecule has 0 unspecified atom stereocenters. The van der Waals surface area contributed by atoms with Crippen molar-refractivity contribution < 1.29 is 14.3 Å². The highest BCUT2D eigenvalue weighted by atomic mass is 19.1. The summed E-state index contributed by atoms with van der Waals surface area (Å²) >= 11 is 0. The van der Waals surface area contributed by atoms with E-state index in [1.807, 2.05) is 0 Å². The number of nitrogen functional groups attached to an aromatic ring is 1. The molecule has 0 bridgehead atoms. The van der Waals surface area contributed by atoms with Gasteiger partial charge in [0.25, 0.3) is 0 Å². The lowest BCUT2D eigenvalue weighted by atomic mass is 10.2. The number of hydrogen-bond acceptors (Lipinski definition) is 3. The summed E-state index contributed by atoms with van der Waals surface area (Å²) in [4.78, 5) is 10.1. The van der Waals surface area contributed by atoms with Crippen molar-refractivity contribution in [2.75, 3.05) is 5.73 Å². The summed E-state index contributed by atoms with van der Waals surface area (Å²) in [5.74, 6) is -2.16. The van der Waals surface area contributed by atoms with E-state index in [-0.39, 0.29) is 11.3 Å². The number of benzene rings is 1. The van der Waals surface area contributed by atoms with Gasteiger partial charge >= 0.3 is 0 Å². The summed E-state index contributed by atoms with van der Waals surface area (Å²) in [6.07, 6.45) is 0. The number of aromatic carboxylic acids is 1. The molecular weight excluding hydrogens is 149 g/mol. The van der Waals surface area contributed by atoms with Crippen LogP contribution in [0.5, 0.6) is 0 Å². The highest BCUT2D eigenvalue weighted by Gasteiger charge is 1.99. The summed E-state index contributed by atoms with van der Waals surface area (Å²) in [5.41, 5.74) is 4.82. The fourth-order valence-corrected chi connectivity index (χ4v) is 0.654. The minimum absolute atomic E-state index is 0.0741. The molecule has 4 heteroatoms. The maximum absolute atomic E-state index is 12.5. The number of anilines is 1. The Morgan fingerprint density at radius 1 is 1.55 bits per heavy atom. The third kappa shape index (κ3) is 1.46. The van der Waals surface area contributed by atoms with Crippen LogP contribution in [-0.4, -0.2) is 5.97 Å². The van der Waals surface area contributed by atoms with E-state index in [0.29, 0.717) is 0 Å². The number of carbonyl (C=O) groups is 1.